The summed E-state index contributed by atoms with van der Waals surface area (Å²) in [5.41, 5.74) is 1.43. The molecule has 2 rings (SSSR count). The average molecular weight is 262 g/mol. The first-order valence-electron chi connectivity index (χ1n) is 5.57. The summed E-state index contributed by atoms with van der Waals surface area (Å²) in [6.07, 6.45) is 3.52. The third kappa shape index (κ3) is 2.73. The van der Waals surface area contributed by atoms with Crippen LogP contribution in [0.5, 0.6) is 0 Å². The maximum atomic E-state index is 10.8. The van der Waals surface area contributed by atoms with Crippen LogP contribution in [0.4, 0.5) is 0 Å². The lowest BCUT2D eigenvalue weighted by Gasteiger charge is -2.18. The van der Waals surface area contributed by atoms with Gasteiger partial charge in [0.25, 0.3) is 0 Å². The van der Waals surface area contributed by atoms with Gasteiger partial charge in [-0.05, 0) is 12.1 Å². The molecular formula is C13H14N2O2S. The summed E-state index contributed by atoms with van der Waals surface area (Å²) in [4.78, 5) is 19.3. The Balaban J connectivity index is 2.28. The molecule has 0 atom stereocenters. The molecule has 0 saturated heterocycles. The van der Waals surface area contributed by atoms with E-state index in [4.69, 9.17) is 5.11 Å². The lowest BCUT2D eigenvalue weighted by molar-refractivity contribution is -0.138. The van der Waals surface area contributed by atoms with Crippen LogP contribution in [0.2, 0.25) is 0 Å². The number of pyridine rings is 1. The van der Waals surface area contributed by atoms with Crippen LogP contribution in [0.1, 0.15) is 25.3 Å². The average Bonchev–Trinajstić information content (AvgIpc) is 2.78. The Morgan fingerprint density at radius 1 is 1.39 bits per heavy atom. The molecule has 0 radical (unpaired) electrons. The van der Waals surface area contributed by atoms with Gasteiger partial charge in [0.15, 0.2) is 0 Å². The van der Waals surface area contributed by atoms with E-state index in [9.17, 15) is 4.79 Å². The van der Waals surface area contributed by atoms with Gasteiger partial charge in [-0.25, -0.2) is 4.98 Å². The third-order valence-electron chi connectivity index (χ3n) is 2.65. The number of carboxylic acids is 1. The van der Waals surface area contributed by atoms with E-state index in [2.05, 4.69) is 9.97 Å². The summed E-state index contributed by atoms with van der Waals surface area (Å²) in [7, 11) is 0. The molecule has 0 aliphatic heterocycles. The maximum absolute atomic E-state index is 10.8. The Bertz CT molecular complexity index is 549. The fourth-order valence-corrected chi connectivity index (χ4v) is 2.65. The van der Waals surface area contributed by atoms with Crippen molar-refractivity contribution in [2.24, 2.45) is 0 Å². The highest BCUT2D eigenvalue weighted by atomic mass is 32.1. The van der Waals surface area contributed by atoms with Crippen LogP contribution in [-0.4, -0.2) is 21.0 Å². The normalized spacial score (nSPS) is 11.4. The molecule has 0 spiro atoms. The summed E-state index contributed by atoms with van der Waals surface area (Å²) in [6.45, 7) is 3.80. The zero-order valence-corrected chi connectivity index (χ0v) is 11.1. The van der Waals surface area contributed by atoms with Crippen molar-refractivity contribution < 1.29 is 9.90 Å². The summed E-state index contributed by atoms with van der Waals surface area (Å²) in [5.74, 6) is -0.805. The van der Waals surface area contributed by atoms with E-state index in [0.717, 1.165) is 16.3 Å². The molecule has 0 unspecified atom stereocenters. The molecule has 4 nitrogen and oxygen atoms in total. The molecule has 0 saturated carbocycles. The van der Waals surface area contributed by atoms with Gasteiger partial charge < -0.3 is 5.11 Å². The number of thiazole rings is 1. The molecule has 5 heteroatoms. The Labute approximate surface area is 109 Å². The third-order valence-corrected chi connectivity index (χ3v) is 3.86. The summed E-state index contributed by atoms with van der Waals surface area (Å²) in [5, 5.41) is 11.7. The highest BCUT2D eigenvalue weighted by Gasteiger charge is 2.27. The molecule has 0 aliphatic carbocycles. The first kappa shape index (κ1) is 12.7. The van der Waals surface area contributed by atoms with Crippen LogP contribution in [0.15, 0.2) is 29.9 Å². The van der Waals surface area contributed by atoms with E-state index in [1.165, 1.54) is 11.3 Å². The van der Waals surface area contributed by atoms with Crippen molar-refractivity contribution in [1.82, 2.24) is 9.97 Å². The highest BCUT2D eigenvalue weighted by Crippen LogP contribution is 2.32. The fourth-order valence-electron chi connectivity index (χ4n) is 1.69. The van der Waals surface area contributed by atoms with Crippen molar-refractivity contribution in [2.45, 2.75) is 25.7 Å². The van der Waals surface area contributed by atoms with Gasteiger partial charge in [0, 0.05) is 28.8 Å². The topological polar surface area (TPSA) is 63.1 Å². The molecule has 0 amide bonds. The van der Waals surface area contributed by atoms with E-state index in [0.29, 0.717) is 0 Å². The molecule has 0 aromatic carbocycles. The largest absolute Gasteiger partial charge is 0.481 e. The smallest absolute Gasteiger partial charge is 0.304 e. The Hall–Kier alpha value is -1.75. The zero-order valence-electron chi connectivity index (χ0n) is 10.3. The van der Waals surface area contributed by atoms with E-state index < -0.39 is 11.4 Å². The SMILES string of the molecule is CC(C)(CC(=O)O)c1nc(-c2ccncc2)cs1. The number of aliphatic carboxylic acids is 1. The first-order valence-corrected chi connectivity index (χ1v) is 6.45. The number of aromatic nitrogens is 2. The van der Waals surface area contributed by atoms with Crippen molar-refractivity contribution in [3.63, 3.8) is 0 Å². The molecule has 0 fully saturated rings. The minimum Gasteiger partial charge on any atom is -0.481 e. The van der Waals surface area contributed by atoms with Gasteiger partial charge in [-0.1, -0.05) is 13.8 Å². The molecule has 0 aliphatic rings. The van der Waals surface area contributed by atoms with E-state index in [1.54, 1.807) is 12.4 Å². The molecular weight excluding hydrogens is 248 g/mol. The van der Waals surface area contributed by atoms with Crippen LogP contribution in [-0.2, 0) is 10.2 Å². The first-order chi connectivity index (χ1) is 8.49. The lowest BCUT2D eigenvalue weighted by Crippen LogP contribution is -2.21. The molecule has 2 aromatic heterocycles. The molecule has 1 N–H and O–H groups in total. The van der Waals surface area contributed by atoms with Gasteiger partial charge >= 0.3 is 5.97 Å². The fraction of sp³-hybridized carbons (Fsp3) is 0.308. The maximum Gasteiger partial charge on any atom is 0.304 e. The van der Waals surface area contributed by atoms with Crippen LogP contribution in [0, 0.1) is 0 Å². The second-order valence-electron chi connectivity index (χ2n) is 4.73. The van der Waals surface area contributed by atoms with Crippen molar-refractivity contribution in [3.8, 4) is 11.3 Å². The van der Waals surface area contributed by atoms with Crippen molar-refractivity contribution >= 4 is 17.3 Å². The monoisotopic (exact) mass is 262 g/mol. The summed E-state index contributed by atoms with van der Waals surface area (Å²) < 4.78 is 0. The summed E-state index contributed by atoms with van der Waals surface area (Å²) >= 11 is 1.50. The van der Waals surface area contributed by atoms with E-state index in [1.807, 2.05) is 31.4 Å². The molecule has 18 heavy (non-hydrogen) atoms. The minimum atomic E-state index is -0.805. The van der Waals surface area contributed by atoms with Crippen LogP contribution in [0.25, 0.3) is 11.3 Å². The number of carboxylic acid groups (broad SMARTS) is 1. The van der Waals surface area contributed by atoms with Crippen LogP contribution >= 0.6 is 11.3 Å². The minimum absolute atomic E-state index is 0.0797. The zero-order chi connectivity index (χ0) is 13.2. The van der Waals surface area contributed by atoms with Gasteiger partial charge in [0.2, 0.25) is 0 Å². The Kier molecular flexibility index (Phi) is 3.43. The van der Waals surface area contributed by atoms with Gasteiger partial charge in [0.1, 0.15) is 0 Å². The predicted molar refractivity (Wildman–Crippen MR) is 70.6 cm³/mol. The number of carbonyl (C=O) groups is 1. The number of hydrogen-bond acceptors (Lipinski definition) is 4. The van der Waals surface area contributed by atoms with Crippen LogP contribution in [0.3, 0.4) is 0 Å². The van der Waals surface area contributed by atoms with Crippen LogP contribution < -0.4 is 0 Å². The van der Waals surface area contributed by atoms with E-state index >= 15 is 0 Å². The van der Waals surface area contributed by atoms with Crippen molar-refractivity contribution in [2.75, 3.05) is 0 Å². The quantitative estimate of drug-likeness (QED) is 0.920. The standard InChI is InChI=1S/C13H14N2O2S/c1-13(2,7-11(16)17)12-15-10(8-18-12)9-3-5-14-6-4-9/h3-6,8H,7H2,1-2H3,(H,16,17). The van der Waals surface area contributed by atoms with Gasteiger partial charge in [-0.15, -0.1) is 11.3 Å². The summed E-state index contributed by atoms with van der Waals surface area (Å²) in [6, 6.07) is 3.78. The second-order valence-corrected chi connectivity index (χ2v) is 5.59. The number of hydrogen-bond donors (Lipinski definition) is 1. The molecule has 0 bridgehead atoms. The van der Waals surface area contributed by atoms with Crippen molar-refractivity contribution in [3.05, 3.63) is 34.9 Å². The van der Waals surface area contributed by atoms with E-state index in [-0.39, 0.29) is 6.42 Å². The molecule has 2 heterocycles. The van der Waals surface area contributed by atoms with Gasteiger partial charge in [-0.2, -0.15) is 0 Å². The van der Waals surface area contributed by atoms with Crippen molar-refractivity contribution in [1.29, 1.82) is 0 Å². The molecule has 2 aromatic rings. The predicted octanol–water partition coefficient (Wildman–Crippen LogP) is 2.96. The van der Waals surface area contributed by atoms with Gasteiger partial charge in [-0.3, -0.25) is 9.78 Å². The Morgan fingerprint density at radius 2 is 2.06 bits per heavy atom. The number of rotatable bonds is 4. The molecule has 94 valence electrons. The van der Waals surface area contributed by atoms with Gasteiger partial charge in [0.05, 0.1) is 17.1 Å². The number of nitrogens with zero attached hydrogens (tertiary/aromatic N) is 2. The highest BCUT2D eigenvalue weighted by molar-refractivity contribution is 7.10. The second kappa shape index (κ2) is 4.86. The Morgan fingerprint density at radius 3 is 2.67 bits per heavy atom. The lowest BCUT2D eigenvalue weighted by atomic mass is 9.90.